The second-order valence-corrected chi connectivity index (χ2v) is 9.15. The first-order valence-electron chi connectivity index (χ1n) is 9.55. The van der Waals surface area contributed by atoms with Gasteiger partial charge in [-0.1, -0.05) is 19.9 Å². The zero-order chi connectivity index (χ0) is 19.5. The number of aliphatic hydroxyl groups excluding tert-OH is 1. The molecule has 1 saturated carbocycles. The molecule has 1 saturated heterocycles. The highest BCUT2D eigenvalue weighted by Crippen LogP contribution is 2.65. The largest absolute Gasteiger partial charge is 0.394 e. The Bertz CT molecular complexity index is 1020. The number of halogens is 1. The van der Waals surface area contributed by atoms with E-state index in [1.54, 1.807) is 16.9 Å². The molecule has 3 aromatic heterocycles. The number of nitrogens with zero attached hydrogens (tertiary/aromatic N) is 5. The Kier molecular flexibility index (Phi) is 4.10. The molecule has 0 radical (unpaired) electrons. The molecule has 3 aromatic rings. The van der Waals surface area contributed by atoms with Gasteiger partial charge in [-0.05, 0) is 44.8 Å². The van der Waals surface area contributed by atoms with Gasteiger partial charge >= 0.3 is 0 Å². The van der Waals surface area contributed by atoms with Gasteiger partial charge in [0.2, 0.25) is 0 Å². The SMILES string of the molecule is CC1(C)C2CN(c3cc(NCc4cccnc4)n4ncc(Br)c4n3)[C@H](CO)C21. The van der Waals surface area contributed by atoms with Crippen molar-refractivity contribution in [1.29, 1.82) is 0 Å². The summed E-state index contributed by atoms with van der Waals surface area (Å²) in [6.07, 6.45) is 5.38. The Morgan fingerprint density at radius 3 is 2.96 bits per heavy atom. The summed E-state index contributed by atoms with van der Waals surface area (Å²) in [5.41, 5.74) is 2.17. The molecule has 0 spiro atoms. The van der Waals surface area contributed by atoms with Crippen LogP contribution in [0.1, 0.15) is 19.4 Å². The Balaban J connectivity index is 1.49. The Morgan fingerprint density at radius 2 is 2.21 bits per heavy atom. The van der Waals surface area contributed by atoms with Crippen LogP contribution in [0.3, 0.4) is 0 Å². The zero-order valence-electron chi connectivity index (χ0n) is 15.9. The van der Waals surface area contributed by atoms with Gasteiger partial charge in [0.1, 0.15) is 11.6 Å². The molecule has 2 N–H and O–H groups in total. The summed E-state index contributed by atoms with van der Waals surface area (Å²) in [5, 5.41) is 18.0. The van der Waals surface area contributed by atoms with E-state index in [-0.39, 0.29) is 12.6 Å². The van der Waals surface area contributed by atoms with Crippen LogP contribution in [0, 0.1) is 17.3 Å². The lowest BCUT2D eigenvalue weighted by Crippen LogP contribution is -2.39. The normalized spacial score (nSPS) is 25.1. The van der Waals surface area contributed by atoms with Gasteiger partial charge in [-0.3, -0.25) is 4.98 Å². The van der Waals surface area contributed by atoms with Crippen molar-refractivity contribution < 1.29 is 5.11 Å². The molecule has 0 aromatic carbocycles. The van der Waals surface area contributed by atoms with E-state index >= 15 is 0 Å². The molecule has 4 heterocycles. The first-order chi connectivity index (χ1) is 13.5. The lowest BCUT2D eigenvalue weighted by molar-refractivity contribution is 0.241. The van der Waals surface area contributed by atoms with Crippen LogP contribution in [0.2, 0.25) is 0 Å². The second kappa shape index (κ2) is 6.42. The average Bonchev–Trinajstić information content (AvgIpc) is 3.05. The van der Waals surface area contributed by atoms with E-state index in [0.29, 0.717) is 23.8 Å². The van der Waals surface area contributed by atoms with Crippen LogP contribution in [0.15, 0.2) is 41.3 Å². The molecule has 0 bridgehead atoms. The van der Waals surface area contributed by atoms with Crippen molar-refractivity contribution in [3.63, 3.8) is 0 Å². The molecule has 1 aliphatic carbocycles. The number of pyridine rings is 1. The summed E-state index contributed by atoms with van der Waals surface area (Å²) >= 11 is 3.56. The van der Waals surface area contributed by atoms with Crippen molar-refractivity contribution in [2.75, 3.05) is 23.4 Å². The zero-order valence-corrected chi connectivity index (χ0v) is 17.5. The summed E-state index contributed by atoms with van der Waals surface area (Å²) in [5.74, 6) is 2.88. The summed E-state index contributed by atoms with van der Waals surface area (Å²) in [4.78, 5) is 11.3. The molecule has 2 unspecified atom stereocenters. The predicted molar refractivity (Wildman–Crippen MR) is 111 cm³/mol. The molecule has 8 heteroatoms. The minimum Gasteiger partial charge on any atom is -0.394 e. The molecule has 2 fully saturated rings. The number of fused-ring (bicyclic) bond motifs is 2. The molecule has 28 heavy (non-hydrogen) atoms. The standard InChI is InChI=1S/C20H23BrN6O/c1-20(2)13-10-26(15(11-28)18(13)20)17-6-16(23-8-12-4-3-5-22-7-12)27-19(25-17)14(21)9-24-27/h3-7,9,13,15,18,23,28H,8,10-11H2,1-2H3/t13?,15-,18?/m1/s1. The van der Waals surface area contributed by atoms with E-state index in [9.17, 15) is 5.11 Å². The van der Waals surface area contributed by atoms with Gasteiger partial charge in [-0.25, -0.2) is 4.98 Å². The number of aromatic nitrogens is 4. The molecule has 5 rings (SSSR count). The van der Waals surface area contributed by atoms with Gasteiger partial charge in [-0.15, -0.1) is 0 Å². The fourth-order valence-corrected chi connectivity index (χ4v) is 5.16. The lowest BCUT2D eigenvalue weighted by Gasteiger charge is -2.31. The van der Waals surface area contributed by atoms with E-state index < -0.39 is 0 Å². The van der Waals surface area contributed by atoms with Crippen LogP contribution < -0.4 is 10.2 Å². The second-order valence-electron chi connectivity index (χ2n) is 8.30. The molecular formula is C20H23BrN6O. The van der Waals surface area contributed by atoms with Crippen molar-refractivity contribution in [2.24, 2.45) is 17.3 Å². The van der Waals surface area contributed by atoms with Gasteiger partial charge < -0.3 is 15.3 Å². The van der Waals surface area contributed by atoms with Gasteiger partial charge in [-0.2, -0.15) is 9.61 Å². The van der Waals surface area contributed by atoms with Crippen molar-refractivity contribution in [3.8, 4) is 0 Å². The number of anilines is 2. The fraction of sp³-hybridized carbons (Fsp3) is 0.450. The number of aliphatic hydroxyl groups is 1. The number of nitrogens with one attached hydrogen (secondary N) is 1. The Labute approximate surface area is 171 Å². The highest BCUT2D eigenvalue weighted by Gasteiger charge is 2.66. The highest BCUT2D eigenvalue weighted by atomic mass is 79.9. The van der Waals surface area contributed by atoms with Crippen molar-refractivity contribution in [1.82, 2.24) is 19.6 Å². The molecule has 3 atom stereocenters. The van der Waals surface area contributed by atoms with Gasteiger partial charge in [0, 0.05) is 31.5 Å². The summed E-state index contributed by atoms with van der Waals surface area (Å²) in [6.45, 7) is 6.32. The fourth-order valence-electron chi connectivity index (χ4n) is 4.81. The molecule has 7 nitrogen and oxygen atoms in total. The molecule has 0 amide bonds. The van der Waals surface area contributed by atoms with Gasteiger partial charge in [0.05, 0.1) is 23.3 Å². The third-order valence-electron chi connectivity index (χ3n) is 6.44. The van der Waals surface area contributed by atoms with Crippen molar-refractivity contribution in [3.05, 3.63) is 46.8 Å². The smallest absolute Gasteiger partial charge is 0.173 e. The Hall–Kier alpha value is -2.19. The quantitative estimate of drug-likeness (QED) is 0.632. The predicted octanol–water partition coefficient (Wildman–Crippen LogP) is 2.95. The summed E-state index contributed by atoms with van der Waals surface area (Å²) in [6, 6.07) is 6.11. The molecule has 2 aliphatic rings. The van der Waals surface area contributed by atoms with Crippen LogP contribution >= 0.6 is 15.9 Å². The minimum atomic E-state index is 0.114. The number of hydrogen-bond acceptors (Lipinski definition) is 6. The maximum atomic E-state index is 10.1. The van der Waals surface area contributed by atoms with Gasteiger partial charge in [0.15, 0.2) is 5.65 Å². The van der Waals surface area contributed by atoms with Crippen LogP contribution in [-0.4, -0.2) is 43.9 Å². The Morgan fingerprint density at radius 1 is 1.36 bits per heavy atom. The topological polar surface area (TPSA) is 78.6 Å². The first-order valence-corrected chi connectivity index (χ1v) is 10.3. The van der Waals surface area contributed by atoms with Crippen LogP contribution in [-0.2, 0) is 6.54 Å². The third kappa shape index (κ3) is 2.69. The van der Waals surface area contributed by atoms with Gasteiger partial charge in [0.25, 0.3) is 0 Å². The highest BCUT2D eigenvalue weighted by molar-refractivity contribution is 9.10. The van der Waals surface area contributed by atoms with Crippen molar-refractivity contribution in [2.45, 2.75) is 26.4 Å². The summed E-state index contributed by atoms with van der Waals surface area (Å²) in [7, 11) is 0. The lowest BCUT2D eigenvalue weighted by atomic mass is 10.0. The first kappa shape index (κ1) is 17.9. The molecule has 146 valence electrons. The van der Waals surface area contributed by atoms with E-state index in [1.165, 1.54) is 0 Å². The minimum absolute atomic E-state index is 0.114. The van der Waals surface area contributed by atoms with E-state index in [1.807, 2.05) is 24.4 Å². The molecular weight excluding hydrogens is 420 g/mol. The maximum absolute atomic E-state index is 10.1. The average molecular weight is 443 g/mol. The van der Waals surface area contributed by atoms with Crippen LogP contribution in [0.4, 0.5) is 11.6 Å². The number of piperidine rings is 1. The third-order valence-corrected chi connectivity index (χ3v) is 7.00. The van der Waals surface area contributed by atoms with E-state index in [2.05, 4.69) is 50.1 Å². The van der Waals surface area contributed by atoms with E-state index in [0.717, 1.165) is 33.9 Å². The van der Waals surface area contributed by atoms with Crippen LogP contribution in [0.5, 0.6) is 0 Å². The van der Waals surface area contributed by atoms with Crippen molar-refractivity contribution >= 4 is 33.2 Å². The van der Waals surface area contributed by atoms with Crippen LogP contribution in [0.25, 0.3) is 5.65 Å². The number of rotatable bonds is 5. The number of hydrogen-bond donors (Lipinski definition) is 2. The molecule has 1 aliphatic heterocycles. The monoisotopic (exact) mass is 442 g/mol. The summed E-state index contributed by atoms with van der Waals surface area (Å²) < 4.78 is 2.66. The van der Waals surface area contributed by atoms with E-state index in [4.69, 9.17) is 4.98 Å². The maximum Gasteiger partial charge on any atom is 0.173 e.